The Balaban J connectivity index is 2.73. The summed E-state index contributed by atoms with van der Waals surface area (Å²) in [7, 11) is 0. The van der Waals surface area contributed by atoms with E-state index >= 15 is 0 Å². The average Bonchev–Trinajstić information content (AvgIpc) is 2.37. The Morgan fingerprint density at radius 3 is 2.72 bits per heavy atom. The number of aliphatic imine (C=N–C) groups is 2. The van der Waals surface area contributed by atoms with Crippen molar-refractivity contribution >= 4 is 11.4 Å². The summed E-state index contributed by atoms with van der Waals surface area (Å²) in [5, 5.41) is 0. The van der Waals surface area contributed by atoms with Crippen LogP contribution >= 0.6 is 0 Å². The first-order chi connectivity index (χ1) is 8.40. The van der Waals surface area contributed by atoms with Crippen LogP contribution in [0.25, 0.3) is 0 Å². The van der Waals surface area contributed by atoms with E-state index in [0.717, 1.165) is 22.9 Å². The average molecular weight is 246 g/mol. The van der Waals surface area contributed by atoms with Crippen LogP contribution in [0.4, 0.5) is 0 Å². The molecule has 0 saturated heterocycles. The maximum Gasteiger partial charge on any atom is 0.126 e. The van der Waals surface area contributed by atoms with E-state index in [9.17, 15) is 0 Å². The van der Waals surface area contributed by atoms with Gasteiger partial charge in [-0.2, -0.15) is 0 Å². The summed E-state index contributed by atoms with van der Waals surface area (Å²) in [5.74, 6) is 1.14. The number of allylic oxidation sites excluding steroid dienone is 3. The fourth-order valence-electron chi connectivity index (χ4n) is 1.70. The molecule has 3 nitrogen and oxygen atoms in total. The van der Waals surface area contributed by atoms with Crippen molar-refractivity contribution in [3.8, 4) is 0 Å². The largest absolute Gasteiger partial charge is 0.490 e. The van der Waals surface area contributed by atoms with Gasteiger partial charge in [-0.25, -0.2) is 0 Å². The molecule has 1 aliphatic rings. The van der Waals surface area contributed by atoms with E-state index in [-0.39, 0.29) is 5.92 Å². The highest BCUT2D eigenvalue weighted by atomic mass is 16.5. The molecule has 0 amide bonds. The van der Waals surface area contributed by atoms with Gasteiger partial charge in [0, 0.05) is 17.3 Å². The fraction of sp³-hybridized carbons (Fsp3) is 0.467. The van der Waals surface area contributed by atoms with E-state index < -0.39 is 0 Å². The Labute approximate surface area is 110 Å². The summed E-state index contributed by atoms with van der Waals surface area (Å²) in [5.41, 5.74) is 3.98. The molecule has 0 spiro atoms. The van der Waals surface area contributed by atoms with Crippen LogP contribution in [0.3, 0.4) is 0 Å². The number of rotatable bonds is 4. The minimum Gasteiger partial charge on any atom is -0.490 e. The van der Waals surface area contributed by atoms with Gasteiger partial charge in [-0.05, 0) is 33.8 Å². The molecule has 0 bridgehead atoms. The first-order valence-corrected chi connectivity index (χ1v) is 6.15. The van der Waals surface area contributed by atoms with Crippen LogP contribution in [0, 0.1) is 5.92 Å². The standard InChI is InChI=1S/C15H22N2O/c1-10(2)17-13(5)9-18-15-8-16-12(4)7-11(3)14(15)6/h7-8,14H,1,9H2,2-6H3/b17-13+. The van der Waals surface area contributed by atoms with E-state index in [4.69, 9.17) is 4.74 Å². The van der Waals surface area contributed by atoms with Gasteiger partial charge in [0.2, 0.25) is 0 Å². The quantitative estimate of drug-likeness (QED) is 0.693. The molecule has 0 aromatic heterocycles. The fourth-order valence-corrected chi connectivity index (χ4v) is 1.70. The number of nitrogens with zero attached hydrogens (tertiary/aromatic N) is 2. The number of hydrogen-bond acceptors (Lipinski definition) is 3. The molecule has 0 radical (unpaired) electrons. The predicted molar refractivity (Wildman–Crippen MR) is 78.0 cm³/mol. The molecule has 0 aromatic rings. The lowest BCUT2D eigenvalue weighted by molar-refractivity contribution is 0.229. The normalized spacial score (nSPS) is 20.6. The highest BCUT2D eigenvalue weighted by Gasteiger charge is 2.15. The van der Waals surface area contributed by atoms with Crippen LogP contribution in [0.2, 0.25) is 0 Å². The molecule has 1 atom stereocenters. The molecular weight excluding hydrogens is 224 g/mol. The second-order valence-electron chi connectivity index (χ2n) is 4.78. The Morgan fingerprint density at radius 2 is 2.11 bits per heavy atom. The van der Waals surface area contributed by atoms with Crippen molar-refractivity contribution in [2.45, 2.75) is 34.6 Å². The van der Waals surface area contributed by atoms with Gasteiger partial charge >= 0.3 is 0 Å². The van der Waals surface area contributed by atoms with Crippen molar-refractivity contribution in [2.75, 3.05) is 6.61 Å². The first-order valence-electron chi connectivity index (χ1n) is 6.15. The summed E-state index contributed by atoms with van der Waals surface area (Å²) in [4.78, 5) is 8.60. The van der Waals surface area contributed by atoms with Gasteiger partial charge < -0.3 is 4.74 Å². The third-order valence-electron chi connectivity index (χ3n) is 2.77. The van der Waals surface area contributed by atoms with Crippen molar-refractivity contribution in [2.24, 2.45) is 15.9 Å². The lowest BCUT2D eigenvalue weighted by Gasteiger charge is -2.16. The smallest absolute Gasteiger partial charge is 0.126 e. The molecule has 0 aromatic carbocycles. The Hall–Kier alpha value is -1.64. The highest BCUT2D eigenvalue weighted by Crippen LogP contribution is 2.23. The van der Waals surface area contributed by atoms with Gasteiger partial charge in [-0.15, -0.1) is 0 Å². The summed E-state index contributed by atoms with van der Waals surface area (Å²) in [6.45, 7) is 14.3. The number of ether oxygens (including phenoxy) is 1. The van der Waals surface area contributed by atoms with Crippen LogP contribution in [-0.4, -0.2) is 18.0 Å². The first kappa shape index (κ1) is 14.4. The summed E-state index contributed by atoms with van der Waals surface area (Å²) >= 11 is 0. The van der Waals surface area contributed by atoms with Crippen LogP contribution < -0.4 is 0 Å². The van der Waals surface area contributed by atoms with Gasteiger partial charge in [0.25, 0.3) is 0 Å². The van der Waals surface area contributed by atoms with Gasteiger partial charge in [0.1, 0.15) is 12.4 Å². The van der Waals surface area contributed by atoms with Gasteiger partial charge in [-0.1, -0.05) is 19.1 Å². The van der Waals surface area contributed by atoms with Gasteiger partial charge in [0.15, 0.2) is 0 Å². The van der Waals surface area contributed by atoms with Gasteiger partial charge in [0.05, 0.1) is 11.9 Å². The van der Waals surface area contributed by atoms with E-state index in [1.54, 1.807) is 6.20 Å². The minimum atomic E-state index is 0.254. The molecule has 0 fully saturated rings. The summed E-state index contributed by atoms with van der Waals surface area (Å²) < 4.78 is 5.80. The molecule has 1 rings (SSSR count). The summed E-state index contributed by atoms with van der Waals surface area (Å²) in [6.07, 6.45) is 3.90. The SMILES string of the molecule is C=C(C)/N=C(\C)COC1=CN=C(C)C=C(C)C1C. The van der Waals surface area contributed by atoms with Crippen molar-refractivity contribution in [1.82, 2.24) is 0 Å². The van der Waals surface area contributed by atoms with Crippen molar-refractivity contribution in [3.63, 3.8) is 0 Å². The third-order valence-corrected chi connectivity index (χ3v) is 2.77. The predicted octanol–water partition coefficient (Wildman–Crippen LogP) is 3.90. The van der Waals surface area contributed by atoms with E-state index in [1.807, 2.05) is 20.8 Å². The van der Waals surface area contributed by atoms with E-state index in [1.165, 1.54) is 5.57 Å². The molecule has 0 N–H and O–H groups in total. The zero-order valence-corrected chi connectivity index (χ0v) is 11.9. The molecule has 0 aliphatic carbocycles. The summed E-state index contributed by atoms with van der Waals surface area (Å²) in [6, 6.07) is 0. The van der Waals surface area contributed by atoms with Crippen LogP contribution in [0.15, 0.2) is 45.9 Å². The topological polar surface area (TPSA) is 34.0 Å². The Morgan fingerprint density at radius 1 is 1.44 bits per heavy atom. The lowest BCUT2D eigenvalue weighted by Crippen LogP contribution is -2.10. The Bertz CT molecular complexity index is 453. The monoisotopic (exact) mass is 246 g/mol. The van der Waals surface area contributed by atoms with Crippen LogP contribution in [-0.2, 0) is 4.74 Å². The molecule has 1 heterocycles. The zero-order chi connectivity index (χ0) is 13.7. The molecule has 3 heteroatoms. The van der Waals surface area contributed by atoms with Crippen LogP contribution in [0.1, 0.15) is 34.6 Å². The van der Waals surface area contributed by atoms with Crippen molar-refractivity contribution in [3.05, 3.63) is 35.9 Å². The van der Waals surface area contributed by atoms with E-state index in [0.29, 0.717) is 6.61 Å². The zero-order valence-electron chi connectivity index (χ0n) is 11.9. The molecular formula is C15H22N2O. The van der Waals surface area contributed by atoms with E-state index in [2.05, 4.69) is 36.5 Å². The maximum atomic E-state index is 5.80. The van der Waals surface area contributed by atoms with Gasteiger partial charge in [-0.3, -0.25) is 9.98 Å². The second kappa shape index (κ2) is 6.34. The van der Waals surface area contributed by atoms with Crippen molar-refractivity contribution < 1.29 is 4.74 Å². The van der Waals surface area contributed by atoms with Crippen LogP contribution in [0.5, 0.6) is 0 Å². The molecule has 1 unspecified atom stereocenters. The Kier molecular flexibility index (Phi) is 5.08. The lowest BCUT2D eigenvalue weighted by atomic mass is 10.0. The molecule has 98 valence electrons. The maximum absolute atomic E-state index is 5.80. The minimum absolute atomic E-state index is 0.254. The second-order valence-corrected chi connectivity index (χ2v) is 4.78. The molecule has 1 aliphatic heterocycles. The van der Waals surface area contributed by atoms with Crippen molar-refractivity contribution in [1.29, 1.82) is 0 Å². The number of hydrogen-bond donors (Lipinski definition) is 0. The highest BCUT2D eigenvalue weighted by molar-refractivity contribution is 5.94. The molecule has 0 saturated carbocycles. The third kappa shape index (κ3) is 4.32. The molecule has 18 heavy (non-hydrogen) atoms.